The van der Waals surface area contributed by atoms with Crippen molar-refractivity contribution in [3.8, 4) is 0 Å². The molecule has 0 aromatic heterocycles. The van der Waals surface area contributed by atoms with E-state index in [0.717, 1.165) is 10.5 Å². The highest BCUT2D eigenvalue weighted by Gasteiger charge is 2.50. The van der Waals surface area contributed by atoms with E-state index in [0.29, 0.717) is 25.8 Å². The third-order valence-electron chi connectivity index (χ3n) is 5.19. The number of nitrogens with zero attached hydrogens (tertiary/aromatic N) is 1. The van der Waals surface area contributed by atoms with Crippen LogP contribution in [0.5, 0.6) is 0 Å². The molecule has 0 radical (unpaired) electrons. The number of hydrogen-bond donors (Lipinski definition) is 1. The number of allylic oxidation sites excluding steroid dienone is 2. The molecule has 1 aliphatic carbocycles. The number of benzene rings is 1. The van der Waals surface area contributed by atoms with E-state index in [1.54, 1.807) is 0 Å². The van der Waals surface area contributed by atoms with Gasteiger partial charge in [-0.25, -0.2) is 4.79 Å². The lowest BCUT2D eigenvalue weighted by Crippen LogP contribution is -2.45. The number of fused-ring (bicyclic) bond motifs is 1. The van der Waals surface area contributed by atoms with Gasteiger partial charge >= 0.3 is 5.97 Å². The molecule has 1 N–H and O–H groups in total. The van der Waals surface area contributed by atoms with Crippen LogP contribution in [-0.2, 0) is 30.3 Å². The summed E-state index contributed by atoms with van der Waals surface area (Å²) in [5.74, 6) is -2.64. The van der Waals surface area contributed by atoms with E-state index in [1.165, 1.54) is 6.92 Å². The Labute approximate surface area is 163 Å². The number of esters is 1. The minimum absolute atomic E-state index is 0.337. The topological polar surface area (TPSA) is 92.8 Å². The molecule has 1 saturated heterocycles. The van der Waals surface area contributed by atoms with Gasteiger partial charge in [-0.1, -0.05) is 42.5 Å². The predicted molar refractivity (Wildman–Crippen MR) is 101 cm³/mol. The van der Waals surface area contributed by atoms with Gasteiger partial charge in [-0.15, -0.1) is 0 Å². The highest BCUT2D eigenvalue weighted by atomic mass is 16.5. The lowest BCUT2D eigenvalue weighted by atomic mass is 9.85. The number of ether oxygens (including phenoxy) is 1. The maximum atomic E-state index is 12.5. The molecule has 2 aliphatic rings. The second kappa shape index (κ2) is 8.82. The van der Waals surface area contributed by atoms with Gasteiger partial charge in [0.15, 0.2) is 6.61 Å². The summed E-state index contributed by atoms with van der Waals surface area (Å²) < 4.78 is 5.02. The molecule has 148 valence electrons. The SMILES string of the molecule is C[C@@H](C(=O)OCC(=O)NCCc1ccccc1)N1C(=O)[C@H]2CC=CC[C@@H]2C1=O. The van der Waals surface area contributed by atoms with Crippen molar-refractivity contribution < 1.29 is 23.9 Å². The summed E-state index contributed by atoms with van der Waals surface area (Å²) >= 11 is 0. The average molecular weight is 384 g/mol. The number of rotatable bonds is 7. The number of likely N-dealkylation sites (tertiary alicyclic amines) is 1. The standard InChI is InChI=1S/C21H24N2O5/c1-14(23-19(25)16-9-5-6-10-17(16)20(23)26)21(27)28-13-18(24)22-12-11-15-7-3-2-4-8-15/h2-8,14,16-17H,9-13H2,1H3,(H,22,24)/t14-,16-,17-/m0/s1. The van der Waals surface area contributed by atoms with Gasteiger partial charge in [0.2, 0.25) is 11.8 Å². The van der Waals surface area contributed by atoms with E-state index in [4.69, 9.17) is 4.74 Å². The van der Waals surface area contributed by atoms with E-state index in [1.807, 2.05) is 42.5 Å². The van der Waals surface area contributed by atoms with Crippen LogP contribution in [0.3, 0.4) is 0 Å². The smallest absolute Gasteiger partial charge is 0.329 e. The maximum Gasteiger partial charge on any atom is 0.329 e. The maximum absolute atomic E-state index is 12.5. The van der Waals surface area contributed by atoms with Crippen LogP contribution in [0.2, 0.25) is 0 Å². The monoisotopic (exact) mass is 384 g/mol. The van der Waals surface area contributed by atoms with Crippen molar-refractivity contribution in [2.45, 2.75) is 32.2 Å². The number of imide groups is 1. The summed E-state index contributed by atoms with van der Waals surface area (Å²) in [6, 6.07) is 8.66. The largest absolute Gasteiger partial charge is 0.454 e. The van der Waals surface area contributed by atoms with E-state index >= 15 is 0 Å². The van der Waals surface area contributed by atoms with Crippen molar-refractivity contribution in [2.75, 3.05) is 13.2 Å². The molecule has 0 unspecified atom stereocenters. The van der Waals surface area contributed by atoms with Gasteiger partial charge in [-0.05, 0) is 31.7 Å². The second-order valence-electron chi connectivity index (χ2n) is 7.07. The van der Waals surface area contributed by atoms with Gasteiger partial charge in [0.25, 0.3) is 5.91 Å². The molecule has 1 fully saturated rings. The summed E-state index contributed by atoms with van der Waals surface area (Å²) in [5, 5.41) is 2.68. The fraction of sp³-hybridized carbons (Fsp3) is 0.429. The van der Waals surface area contributed by atoms with Crippen molar-refractivity contribution in [2.24, 2.45) is 11.8 Å². The number of nitrogens with one attached hydrogen (secondary N) is 1. The fourth-order valence-corrected chi connectivity index (χ4v) is 3.61. The molecule has 1 heterocycles. The Bertz CT molecular complexity index is 763. The third kappa shape index (κ3) is 4.30. The van der Waals surface area contributed by atoms with Crippen LogP contribution >= 0.6 is 0 Å². The van der Waals surface area contributed by atoms with Crippen molar-refractivity contribution in [1.29, 1.82) is 0 Å². The summed E-state index contributed by atoms with van der Waals surface area (Å²) in [6.45, 7) is 1.44. The van der Waals surface area contributed by atoms with Crippen LogP contribution in [0.4, 0.5) is 0 Å². The lowest BCUT2D eigenvalue weighted by Gasteiger charge is -2.21. The summed E-state index contributed by atoms with van der Waals surface area (Å²) in [7, 11) is 0. The Morgan fingerprint density at radius 3 is 2.32 bits per heavy atom. The molecule has 3 amide bonds. The Kier molecular flexibility index (Phi) is 6.23. The van der Waals surface area contributed by atoms with Crippen molar-refractivity contribution in [3.05, 3.63) is 48.0 Å². The zero-order valence-corrected chi connectivity index (χ0v) is 15.8. The van der Waals surface area contributed by atoms with Crippen LogP contribution in [0, 0.1) is 11.8 Å². The Balaban J connectivity index is 1.44. The van der Waals surface area contributed by atoms with Crippen molar-refractivity contribution in [3.63, 3.8) is 0 Å². The van der Waals surface area contributed by atoms with E-state index in [2.05, 4.69) is 5.32 Å². The molecule has 1 aromatic rings. The van der Waals surface area contributed by atoms with E-state index < -0.39 is 36.4 Å². The molecule has 0 saturated carbocycles. The highest BCUT2D eigenvalue weighted by Crippen LogP contribution is 2.36. The summed E-state index contributed by atoms with van der Waals surface area (Å²) in [5.41, 5.74) is 1.09. The second-order valence-corrected chi connectivity index (χ2v) is 7.07. The molecule has 7 nitrogen and oxygen atoms in total. The Morgan fingerprint density at radius 2 is 1.71 bits per heavy atom. The molecule has 7 heteroatoms. The zero-order chi connectivity index (χ0) is 20.1. The number of carbonyl (C=O) groups is 4. The minimum Gasteiger partial charge on any atom is -0.454 e. The molecule has 1 aromatic carbocycles. The molecule has 0 bridgehead atoms. The van der Waals surface area contributed by atoms with Crippen molar-refractivity contribution >= 4 is 23.7 Å². The van der Waals surface area contributed by atoms with E-state index in [9.17, 15) is 19.2 Å². The average Bonchev–Trinajstić information content (AvgIpc) is 2.97. The number of amides is 3. The van der Waals surface area contributed by atoms with Gasteiger partial charge in [-0.3, -0.25) is 19.3 Å². The van der Waals surface area contributed by atoms with Crippen LogP contribution in [0.1, 0.15) is 25.3 Å². The van der Waals surface area contributed by atoms with Crippen LogP contribution in [0.25, 0.3) is 0 Å². The van der Waals surface area contributed by atoms with Crippen LogP contribution in [0.15, 0.2) is 42.5 Å². The predicted octanol–water partition coefficient (Wildman–Crippen LogP) is 1.23. The van der Waals surface area contributed by atoms with Gasteiger partial charge in [0, 0.05) is 6.54 Å². The van der Waals surface area contributed by atoms with Gasteiger partial charge in [0.1, 0.15) is 6.04 Å². The zero-order valence-electron chi connectivity index (χ0n) is 15.8. The Morgan fingerprint density at radius 1 is 1.11 bits per heavy atom. The molecule has 3 atom stereocenters. The number of hydrogen-bond acceptors (Lipinski definition) is 5. The van der Waals surface area contributed by atoms with Gasteiger partial charge in [0.05, 0.1) is 11.8 Å². The fourth-order valence-electron chi connectivity index (χ4n) is 3.61. The molecule has 1 aliphatic heterocycles. The van der Waals surface area contributed by atoms with Crippen LogP contribution in [-0.4, -0.2) is 47.8 Å². The highest BCUT2D eigenvalue weighted by molar-refractivity contribution is 6.08. The Hall–Kier alpha value is -2.96. The third-order valence-corrected chi connectivity index (χ3v) is 5.19. The first-order valence-electron chi connectivity index (χ1n) is 9.48. The first kappa shape index (κ1) is 19.8. The summed E-state index contributed by atoms with van der Waals surface area (Å²) in [4.78, 5) is 50.1. The van der Waals surface area contributed by atoms with E-state index in [-0.39, 0.29) is 11.8 Å². The molecule has 0 spiro atoms. The quantitative estimate of drug-likeness (QED) is 0.434. The number of carbonyl (C=O) groups excluding carboxylic acids is 4. The molecule has 28 heavy (non-hydrogen) atoms. The molecular formula is C21H24N2O5. The minimum atomic E-state index is -1.04. The first-order valence-corrected chi connectivity index (χ1v) is 9.48. The van der Waals surface area contributed by atoms with Gasteiger partial charge in [-0.2, -0.15) is 0 Å². The van der Waals surface area contributed by atoms with Gasteiger partial charge < -0.3 is 10.1 Å². The normalized spacial score (nSPS) is 22.0. The van der Waals surface area contributed by atoms with Crippen molar-refractivity contribution in [1.82, 2.24) is 10.2 Å². The molecule has 3 rings (SSSR count). The summed E-state index contributed by atoms with van der Waals surface area (Å²) in [6.07, 6.45) is 5.47. The molecular weight excluding hydrogens is 360 g/mol. The first-order chi connectivity index (χ1) is 13.5. The van der Waals surface area contributed by atoms with Crippen LogP contribution < -0.4 is 5.32 Å². The lowest BCUT2D eigenvalue weighted by molar-refractivity contribution is -0.159.